The maximum atomic E-state index is 12.2. The third-order valence-corrected chi connectivity index (χ3v) is 5.07. The molecule has 0 aliphatic carbocycles. The topological polar surface area (TPSA) is 125 Å². The molecule has 0 spiro atoms. The second-order valence-electron chi connectivity index (χ2n) is 5.01. The summed E-state index contributed by atoms with van der Waals surface area (Å²) in [5, 5.41) is 18.4. The molecule has 0 aliphatic heterocycles. The summed E-state index contributed by atoms with van der Waals surface area (Å²) < 4.78 is 29.8. The molecule has 10 nitrogen and oxygen atoms in total. The van der Waals surface area contributed by atoms with E-state index in [4.69, 9.17) is 11.6 Å². The van der Waals surface area contributed by atoms with Gasteiger partial charge in [0.15, 0.2) is 5.02 Å². The fourth-order valence-electron chi connectivity index (χ4n) is 2.08. The summed E-state index contributed by atoms with van der Waals surface area (Å²) in [7, 11) is -3.65. The molecular weight excluding hydrogens is 360 g/mol. The Bertz CT molecular complexity index is 844. The first kappa shape index (κ1) is 18.4. The summed E-state index contributed by atoms with van der Waals surface area (Å²) in [5.41, 5.74) is 0.429. The first-order chi connectivity index (χ1) is 11.2. The molecule has 24 heavy (non-hydrogen) atoms. The molecule has 0 fully saturated rings. The molecule has 0 unspecified atom stereocenters. The van der Waals surface area contributed by atoms with E-state index in [1.54, 1.807) is 11.6 Å². The average molecular weight is 377 g/mol. The van der Waals surface area contributed by atoms with E-state index in [9.17, 15) is 18.5 Å². The van der Waals surface area contributed by atoms with E-state index in [2.05, 4.69) is 14.9 Å². The van der Waals surface area contributed by atoms with Crippen molar-refractivity contribution in [1.29, 1.82) is 0 Å². The minimum atomic E-state index is -3.65. The zero-order valence-corrected chi connectivity index (χ0v) is 14.7. The van der Waals surface area contributed by atoms with Gasteiger partial charge in [-0.2, -0.15) is 9.78 Å². The van der Waals surface area contributed by atoms with Crippen molar-refractivity contribution in [2.45, 2.75) is 38.3 Å². The normalized spacial score (nSPS) is 11.8. The summed E-state index contributed by atoms with van der Waals surface area (Å²) in [4.78, 5) is 10.1. The highest BCUT2D eigenvalue weighted by molar-refractivity contribution is 7.89. The third kappa shape index (κ3) is 4.10. The quantitative estimate of drug-likeness (QED) is 0.421. The van der Waals surface area contributed by atoms with E-state index in [0.29, 0.717) is 25.2 Å². The number of nitrogens with zero attached hydrogens (tertiary/aromatic N) is 5. The summed E-state index contributed by atoms with van der Waals surface area (Å²) in [5.74, 6) is -0.417. The summed E-state index contributed by atoms with van der Waals surface area (Å²) in [6.07, 6.45) is 3.22. The van der Waals surface area contributed by atoms with E-state index in [1.165, 1.54) is 17.1 Å². The van der Waals surface area contributed by atoms with Gasteiger partial charge in [-0.15, -0.1) is 0 Å². The van der Waals surface area contributed by atoms with Crippen LogP contribution >= 0.6 is 11.6 Å². The zero-order chi connectivity index (χ0) is 17.9. The van der Waals surface area contributed by atoms with Crippen molar-refractivity contribution in [1.82, 2.24) is 24.3 Å². The van der Waals surface area contributed by atoms with E-state index < -0.39 is 20.8 Å². The standard InChI is InChI=1S/C12H17ClN6O4S/c1-3-17-8-11(9(2)15-17)24(22,23)14-5-4-6-18-7-10(13)12(16-18)19(20)21/h7-8,14H,3-6H2,1-2H3. The zero-order valence-electron chi connectivity index (χ0n) is 13.1. The number of halogens is 1. The second kappa shape index (κ2) is 7.28. The van der Waals surface area contributed by atoms with Crippen LogP contribution in [0.1, 0.15) is 19.0 Å². The van der Waals surface area contributed by atoms with Crippen LogP contribution < -0.4 is 4.72 Å². The van der Waals surface area contributed by atoms with Gasteiger partial charge in [0.1, 0.15) is 4.90 Å². The van der Waals surface area contributed by atoms with Gasteiger partial charge in [-0.3, -0.25) is 4.68 Å². The molecular formula is C12H17ClN6O4S. The van der Waals surface area contributed by atoms with Gasteiger partial charge in [0, 0.05) is 19.3 Å². The van der Waals surface area contributed by atoms with Crippen LogP contribution in [0.3, 0.4) is 0 Å². The first-order valence-electron chi connectivity index (χ1n) is 7.15. The van der Waals surface area contributed by atoms with Crippen molar-refractivity contribution in [2.75, 3.05) is 6.54 Å². The maximum absolute atomic E-state index is 12.2. The highest BCUT2D eigenvalue weighted by Crippen LogP contribution is 2.21. The van der Waals surface area contributed by atoms with Crippen LogP contribution in [0.2, 0.25) is 5.02 Å². The fraction of sp³-hybridized carbons (Fsp3) is 0.500. The van der Waals surface area contributed by atoms with Crippen LogP contribution in [-0.4, -0.2) is 39.4 Å². The molecule has 0 aromatic carbocycles. The van der Waals surface area contributed by atoms with Crippen molar-refractivity contribution in [3.63, 3.8) is 0 Å². The van der Waals surface area contributed by atoms with Crippen LogP contribution in [0.5, 0.6) is 0 Å². The Kier molecular flexibility index (Phi) is 5.57. The van der Waals surface area contributed by atoms with Gasteiger partial charge in [0.05, 0.1) is 23.5 Å². The molecule has 0 atom stereocenters. The van der Waals surface area contributed by atoms with Crippen LogP contribution in [-0.2, 0) is 23.1 Å². The number of sulfonamides is 1. The van der Waals surface area contributed by atoms with Gasteiger partial charge in [0.2, 0.25) is 10.0 Å². The largest absolute Gasteiger partial charge is 0.408 e. The SMILES string of the molecule is CCn1cc(S(=O)(=O)NCCCn2cc(Cl)c([N+](=O)[O-])n2)c(C)n1. The molecule has 0 aliphatic rings. The number of hydrogen-bond acceptors (Lipinski definition) is 6. The highest BCUT2D eigenvalue weighted by atomic mass is 35.5. The van der Waals surface area contributed by atoms with Crippen LogP contribution in [0.4, 0.5) is 5.82 Å². The number of rotatable bonds is 8. The Morgan fingerprint density at radius 2 is 2.04 bits per heavy atom. The lowest BCUT2D eigenvalue weighted by Crippen LogP contribution is -2.26. The molecule has 2 heterocycles. The van der Waals surface area contributed by atoms with Crippen LogP contribution in [0.25, 0.3) is 0 Å². The number of aromatic nitrogens is 4. The number of nitrogens with one attached hydrogen (secondary N) is 1. The van der Waals surface area contributed by atoms with Crippen molar-refractivity contribution in [2.24, 2.45) is 0 Å². The Morgan fingerprint density at radius 3 is 2.58 bits per heavy atom. The maximum Gasteiger partial charge on any atom is 0.408 e. The smallest absolute Gasteiger partial charge is 0.358 e. The lowest BCUT2D eigenvalue weighted by molar-refractivity contribution is -0.389. The van der Waals surface area contributed by atoms with Gasteiger partial charge < -0.3 is 10.1 Å². The molecule has 2 rings (SSSR count). The van der Waals surface area contributed by atoms with E-state index >= 15 is 0 Å². The van der Waals surface area contributed by atoms with E-state index in [0.717, 1.165) is 0 Å². The van der Waals surface area contributed by atoms with Gasteiger partial charge in [-0.05, 0) is 25.2 Å². The van der Waals surface area contributed by atoms with Crippen LogP contribution in [0.15, 0.2) is 17.3 Å². The summed E-state index contributed by atoms with van der Waals surface area (Å²) in [6.45, 7) is 4.53. The third-order valence-electron chi connectivity index (χ3n) is 3.24. The van der Waals surface area contributed by atoms with Crippen molar-refractivity contribution in [3.05, 3.63) is 33.2 Å². The molecule has 0 radical (unpaired) electrons. The lowest BCUT2D eigenvalue weighted by Gasteiger charge is -2.04. The molecule has 0 amide bonds. The molecule has 0 bridgehead atoms. The summed E-state index contributed by atoms with van der Waals surface area (Å²) in [6, 6.07) is 0. The molecule has 1 N–H and O–H groups in total. The van der Waals surface area contributed by atoms with Crippen molar-refractivity contribution < 1.29 is 13.3 Å². The Morgan fingerprint density at radius 1 is 1.33 bits per heavy atom. The van der Waals surface area contributed by atoms with E-state index in [1.807, 2.05) is 6.92 Å². The molecule has 2 aromatic heterocycles. The second-order valence-corrected chi connectivity index (χ2v) is 7.15. The predicted molar refractivity (Wildman–Crippen MR) is 86.3 cm³/mol. The molecule has 12 heteroatoms. The van der Waals surface area contributed by atoms with Crippen molar-refractivity contribution >= 4 is 27.4 Å². The monoisotopic (exact) mass is 376 g/mol. The van der Waals surface area contributed by atoms with Gasteiger partial charge in [-0.25, -0.2) is 13.1 Å². The predicted octanol–water partition coefficient (Wildman–Crippen LogP) is 1.34. The van der Waals surface area contributed by atoms with Crippen molar-refractivity contribution in [3.8, 4) is 0 Å². The van der Waals surface area contributed by atoms with Gasteiger partial charge >= 0.3 is 5.82 Å². The number of aryl methyl sites for hydroxylation is 3. The average Bonchev–Trinajstić information content (AvgIpc) is 3.07. The fourth-order valence-corrected chi connectivity index (χ4v) is 3.55. The molecule has 132 valence electrons. The number of nitro groups is 1. The molecule has 0 saturated heterocycles. The molecule has 0 saturated carbocycles. The van der Waals surface area contributed by atoms with Crippen LogP contribution in [0, 0.1) is 17.0 Å². The minimum absolute atomic E-state index is 0.0526. The summed E-state index contributed by atoms with van der Waals surface area (Å²) >= 11 is 5.69. The lowest BCUT2D eigenvalue weighted by atomic mass is 10.4. The van der Waals surface area contributed by atoms with Gasteiger partial charge in [-0.1, -0.05) is 11.6 Å². The Hall–Kier alpha value is -1.98. The molecule has 2 aromatic rings. The Balaban J connectivity index is 1.92. The Labute approximate surface area is 143 Å². The highest BCUT2D eigenvalue weighted by Gasteiger charge is 2.21. The number of hydrogen-bond donors (Lipinski definition) is 1. The minimum Gasteiger partial charge on any atom is -0.358 e. The van der Waals surface area contributed by atoms with Gasteiger partial charge in [0.25, 0.3) is 0 Å². The van der Waals surface area contributed by atoms with E-state index in [-0.39, 0.29) is 16.5 Å². The first-order valence-corrected chi connectivity index (χ1v) is 9.01.